The number of rotatable bonds is 3. The second kappa shape index (κ2) is 8.78. The first kappa shape index (κ1) is 26.3. The lowest BCUT2D eigenvalue weighted by Crippen LogP contribution is -2.60. The summed E-state index contributed by atoms with van der Waals surface area (Å²) in [6.07, 6.45) is 1.81. The van der Waals surface area contributed by atoms with Gasteiger partial charge < -0.3 is 5.11 Å². The van der Waals surface area contributed by atoms with Crippen LogP contribution in [-0.4, -0.2) is 49.9 Å². The van der Waals surface area contributed by atoms with Crippen molar-refractivity contribution in [1.29, 1.82) is 0 Å². The van der Waals surface area contributed by atoms with Gasteiger partial charge in [0.05, 0.1) is 17.5 Å². The summed E-state index contributed by atoms with van der Waals surface area (Å²) in [7, 11) is 0. The number of aromatic hydroxyl groups is 1. The third-order valence-electron chi connectivity index (χ3n) is 8.60. The normalized spacial score (nSPS) is 33.7. The van der Waals surface area contributed by atoms with Crippen LogP contribution in [0.5, 0.6) is 5.75 Å². The number of carbonyl (C=O) groups excluding carboxylic acids is 4. The number of fused-ring (bicyclic) bond motifs is 4. The number of benzene rings is 2. The van der Waals surface area contributed by atoms with Gasteiger partial charge in [0.25, 0.3) is 11.8 Å². The van der Waals surface area contributed by atoms with E-state index in [9.17, 15) is 28.7 Å². The van der Waals surface area contributed by atoms with Crippen LogP contribution in [0.4, 0.5) is 10.1 Å². The maximum atomic E-state index is 14.2. The zero-order valence-corrected chi connectivity index (χ0v) is 22.8. The minimum atomic E-state index is -2.13. The number of anilines is 1. The van der Waals surface area contributed by atoms with Gasteiger partial charge >= 0.3 is 0 Å². The topological polar surface area (TPSA) is 95.0 Å². The number of halogens is 4. The Morgan fingerprint density at radius 3 is 2.36 bits per heavy atom. The van der Waals surface area contributed by atoms with Crippen LogP contribution in [0.3, 0.4) is 0 Å². The molecule has 1 N–H and O–H groups in total. The lowest BCUT2D eigenvalue weighted by atomic mass is 9.56. The second-order valence-corrected chi connectivity index (χ2v) is 12.1. The second-order valence-electron chi connectivity index (χ2n) is 10.4. The van der Waals surface area contributed by atoms with Gasteiger partial charge in [0.15, 0.2) is 9.75 Å². The minimum absolute atomic E-state index is 0.0778. The number of phenolic OH excluding ortho intramolecular Hbond substituents is 1. The van der Waals surface area contributed by atoms with Crippen molar-refractivity contribution in [3.8, 4) is 5.75 Å². The van der Waals surface area contributed by atoms with Crippen molar-refractivity contribution in [2.24, 2.45) is 17.8 Å². The number of nitrogens with zero attached hydrogens (tertiary/aromatic N) is 2. The van der Waals surface area contributed by atoms with Crippen LogP contribution in [0.15, 0.2) is 54.1 Å². The number of phenols is 1. The molecule has 2 heterocycles. The van der Waals surface area contributed by atoms with Crippen molar-refractivity contribution in [2.45, 2.75) is 35.4 Å². The number of carbonyl (C=O) groups is 4. The Hall–Kier alpha value is -2.94. The third kappa shape index (κ3) is 3.34. The van der Waals surface area contributed by atoms with Gasteiger partial charge in [0.2, 0.25) is 11.8 Å². The molecular formula is C28H22Cl3FN2O5. The van der Waals surface area contributed by atoms with E-state index < -0.39 is 51.1 Å². The molecule has 2 saturated heterocycles. The van der Waals surface area contributed by atoms with E-state index in [4.69, 9.17) is 34.8 Å². The van der Waals surface area contributed by atoms with E-state index >= 15 is 0 Å². The monoisotopic (exact) mass is 590 g/mol. The Balaban J connectivity index is 1.59. The number of amides is 4. The largest absolute Gasteiger partial charge is 0.508 e. The van der Waals surface area contributed by atoms with E-state index in [1.165, 1.54) is 35.2 Å². The van der Waals surface area contributed by atoms with Crippen molar-refractivity contribution in [2.75, 3.05) is 11.4 Å². The van der Waals surface area contributed by atoms with E-state index in [0.29, 0.717) is 5.57 Å². The van der Waals surface area contributed by atoms with Gasteiger partial charge in [-0.15, -0.1) is 23.2 Å². The first-order valence-corrected chi connectivity index (χ1v) is 13.6. The van der Waals surface area contributed by atoms with E-state index in [1.54, 1.807) is 13.0 Å². The molecule has 4 amide bonds. The fourth-order valence-electron chi connectivity index (χ4n) is 6.88. The van der Waals surface area contributed by atoms with Gasteiger partial charge in [-0.3, -0.25) is 24.1 Å². The van der Waals surface area contributed by atoms with Crippen LogP contribution in [0, 0.1) is 23.6 Å². The molecule has 0 radical (unpaired) electrons. The van der Waals surface area contributed by atoms with Crippen LogP contribution in [-0.2, 0) is 19.2 Å². The molecule has 39 heavy (non-hydrogen) atoms. The van der Waals surface area contributed by atoms with Gasteiger partial charge in [-0.1, -0.05) is 23.3 Å². The molecule has 11 heteroatoms. The minimum Gasteiger partial charge on any atom is -0.508 e. The molecule has 2 aliphatic carbocycles. The maximum Gasteiger partial charge on any atom is 0.258 e. The van der Waals surface area contributed by atoms with Crippen molar-refractivity contribution < 1.29 is 28.7 Å². The number of alkyl halides is 2. The van der Waals surface area contributed by atoms with Crippen LogP contribution < -0.4 is 4.90 Å². The number of imide groups is 2. The molecule has 3 fully saturated rings. The number of hydrogen-bond acceptors (Lipinski definition) is 5. The van der Waals surface area contributed by atoms with Gasteiger partial charge in [-0.2, -0.15) is 0 Å². The summed E-state index contributed by atoms with van der Waals surface area (Å²) in [6, 6.07) is 9.03. The van der Waals surface area contributed by atoms with Gasteiger partial charge in [0.1, 0.15) is 11.6 Å². The summed E-state index contributed by atoms with van der Waals surface area (Å²) in [4.78, 5) is 52.6. The Morgan fingerprint density at radius 2 is 1.69 bits per heavy atom. The predicted octanol–water partition coefficient (Wildman–Crippen LogP) is 4.77. The Morgan fingerprint density at radius 1 is 1.00 bits per heavy atom. The van der Waals surface area contributed by atoms with E-state index in [1.807, 2.05) is 0 Å². The van der Waals surface area contributed by atoms with Gasteiger partial charge in [-0.05, 0) is 68.1 Å². The Labute approximate surface area is 238 Å². The zero-order chi connectivity index (χ0) is 28.0. The van der Waals surface area contributed by atoms with Crippen LogP contribution in [0.2, 0.25) is 5.02 Å². The molecule has 2 aromatic rings. The highest BCUT2D eigenvalue weighted by Crippen LogP contribution is 2.66. The lowest BCUT2D eigenvalue weighted by Gasteiger charge is -2.50. The highest BCUT2D eigenvalue weighted by atomic mass is 35.5. The van der Waals surface area contributed by atoms with Crippen molar-refractivity contribution in [3.05, 3.63) is 70.5 Å². The van der Waals surface area contributed by atoms with Crippen LogP contribution in [0.1, 0.15) is 31.2 Å². The molecule has 2 aliphatic heterocycles. The summed E-state index contributed by atoms with van der Waals surface area (Å²) >= 11 is 20.7. The van der Waals surface area contributed by atoms with E-state index in [2.05, 4.69) is 0 Å². The molecule has 202 valence electrons. The van der Waals surface area contributed by atoms with Crippen molar-refractivity contribution in [3.63, 3.8) is 0 Å². The van der Waals surface area contributed by atoms with E-state index in [0.717, 1.165) is 17.0 Å². The Kier molecular flexibility index (Phi) is 5.92. The molecular weight excluding hydrogens is 570 g/mol. The Bertz CT molecular complexity index is 1500. The highest BCUT2D eigenvalue weighted by Gasteiger charge is 2.76. The molecule has 0 bridgehead atoms. The molecule has 7 nitrogen and oxygen atoms in total. The number of allylic oxidation sites excluding steroid dienone is 2. The van der Waals surface area contributed by atoms with Gasteiger partial charge in [-0.25, -0.2) is 9.29 Å². The van der Waals surface area contributed by atoms with E-state index in [-0.39, 0.29) is 53.2 Å². The summed E-state index contributed by atoms with van der Waals surface area (Å²) in [5.41, 5.74) is 0.790. The summed E-state index contributed by atoms with van der Waals surface area (Å²) in [5.74, 6) is -6.43. The zero-order valence-electron chi connectivity index (χ0n) is 20.5. The van der Waals surface area contributed by atoms with Crippen molar-refractivity contribution in [1.82, 2.24) is 4.90 Å². The summed E-state index contributed by atoms with van der Waals surface area (Å²) in [6.45, 7) is 1.91. The third-order valence-corrected chi connectivity index (χ3v) is 10.3. The SMILES string of the molecule is CCN1C(=O)[C@H]2[C@H](CC=C3[C@H]2C[C@@]2(Cl)C(=O)N(c4ccc(F)cc4)C(=O)[C@@]2(Cl)[C@H]3c2cc(Cl)ccc2O)C1=O. The number of hydrogen-bond donors (Lipinski definition) is 1. The summed E-state index contributed by atoms with van der Waals surface area (Å²) in [5, 5.41) is 11.2. The average Bonchev–Trinajstić information content (AvgIpc) is 3.24. The fraction of sp³-hybridized carbons (Fsp3) is 0.357. The molecule has 0 unspecified atom stereocenters. The molecule has 0 spiro atoms. The first-order valence-electron chi connectivity index (χ1n) is 12.5. The van der Waals surface area contributed by atoms with Gasteiger partial charge in [0, 0.05) is 23.0 Å². The first-order chi connectivity index (χ1) is 18.5. The number of likely N-dealkylation sites (tertiary alicyclic amines) is 1. The molecule has 2 aromatic carbocycles. The van der Waals surface area contributed by atoms with Crippen molar-refractivity contribution >= 4 is 64.1 Å². The van der Waals surface area contributed by atoms with Crippen LogP contribution in [0.25, 0.3) is 0 Å². The standard InChI is InChI=1S/C28H22Cl3FN2O5/c1-2-33-23(36)17-9-8-16-19(21(17)24(33)37)12-27(30)25(38)34(15-6-4-14(32)5-7-15)26(39)28(27,31)22(16)18-11-13(29)3-10-20(18)35/h3-8,10-11,17,19,21-22,35H,2,9,12H2,1H3/t17-,19+,21-,22+,27+,28-/m0/s1. The highest BCUT2D eigenvalue weighted by molar-refractivity contribution is 6.58. The maximum absolute atomic E-state index is 14.2. The molecule has 1 saturated carbocycles. The average molecular weight is 592 g/mol. The van der Waals surface area contributed by atoms with Crippen LogP contribution >= 0.6 is 34.8 Å². The molecule has 0 aromatic heterocycles. The summed E-state index contributed by atoms with van der Waals surface area (Å²) < 4.78 is 13.7. The smallest absolute Gasteiger partial charge is 0.258 e. The quantitative estimate of drug-likeness (QED) is 0.315. The fourth-order valence-corrected chi connectivity index (χ4v) is 7.99. The predicted molar refractivity (Wildman–Crippen MR) is 142 cm³/mol. The molecule has 6 atom stereocenters. The molecule has 6 rings (SSSR count). The lowest BCUT2D eigenvalue weighted by molar-refractivity contribution is -0.140. The molecule has 4 aliphatic rings.